The number of amides is 1. The van der Waals surface area contributed by atoms with Crippen LogP contribution in [0.2, 0.25) is 5.02 Å². The summed E-state index contributed by atoms with van der Waals surface area (Å²) >= 11 is 5.76. The Balaban J connectivity index is 2.04. The molecule has 1 heterocycles. The monoisotopic (exact) mass is 266 g/mol. The van der Waals surface area contributed by atoms with Gasteiger partial charge in [0.05, 0.1) is 0 Å². The minimum Gasteiger partial charge on any atom is -0.471 e. The normalized spacial score (nSPS) is 10.1. The summed E-state index contributed by atoms with van der Waals surface area (Å²) in [6.07, 6.45) is 1.50. The summed E-state index contributed by atoms with van der Waals surface area (Å²) in [6, 6.07) is 8.44. The predicted octanol–water partition coefficient (Wildman–Crippen LogP) is 1.18. The van der Waals surface area contributed by atoms with Crippen LogP contribution >= 0.6 is 11.6 Å². The number of nitrogens with two attached hydrogens (primary N) is 1. The lowest BCUT2D eigenvalue weighted by Crippen LogP contribution is -2.32. The zero-order valence-corrected chi connectivity index (χ0v) is 10.1. The van der Waals surface area contributed by atoms with Crippen LogP contribution in [-0.2, 0) is 6.73 Å². The molecule has 0 atom stereocenters. The average Bonchev–Trinajstić information content (AvgIpc) is 2.85. The molecule has 94 valence electrons. The Morgan fingerprint density at radius 1 is 1.39 bits per heavy atom. The van der Waals surface area contributed by atoms with Gasteiger partial charge in [0.25, 0.3) is 5.91 Å². The SMILES string of the molecule is NNC(=O)c1ccnn1COc1ccc(Cl)cc1. The maximum absolute atomic E-state index is 11.4. The highest BCUT2D eigenvalue weighted by Crippen LogP contribution is 2.16. The van der Waals surface area contributed by atoms with E-state index in [0.29, 0.717) is 16.5 Å². The molecule has 3 N–H and O–H groups in total. The number of benzene rings is 1. The molecule has 0 saturated carbocycles. The second-order valence-corrected chi connectivity index (χ2v) is 3.85. The van der Waals surface area contributed by atoms with Gasteiger partial charge in [-0.05, 0) is 30.3 Å². The lowest BCUT2D eigenvalue weighted by atomic mass is 10.3. The van der Waals surface area contributed by atoms with Crippen LogP contribution in [0.3, 0.4) is 0 Å². The zero-order valence-electron chi connectivity index (χ0n) is 9.34. The summed E-state index contributed by atoms with van der Waals surface area (Å²) in [6.45, 7) is 0.109. The number of aromatic nitrogens is 2. The fourth-order valence-corrected chi connectivity index (χ4v) is 1.49. The lowest BCUT2D eigenvalue weighted by Gasteiger charge is -2.08. The van der Waals surface area contributed by atoms with Crippen molar-refractivity contribution in [3.05, 3.63) is 47.2 Å². The molecule has 0 aliphatic rings. The summed E-state index contributed by atoms with van der Waals surface area (Å²) in [5.74, 6) is 5.27. The molecule has 18 heavy (non-hydrogen) atoms. The molecule has 7 heteroatoms. The molecule has 0 saturated heterocycles. The first kappa shape index (κ1) is 12.4. The molecule has 0 bridgehead atoms. The molecule has 1 amide bonds. The zero-order chi connectivity index (χ0) is 13.0. The standard InChI is InChI=1S/C11H11ClN4O2/c12-8-1-3-9(4-2-8)18-7-16-10(5-6-14-16)11(17)15-13/h1-6H,7,13H2,(H,15,17). The fourth-order valence-electron chi connectivity index (χ4n) is 1.37. The van der Waals surface area contributed by atoms with E-state index in [2.05, 4.69) is 5.10 Å². The average molecular weight is 267 g/mol. The number of nitrogens with zero attached hydrogens (tertiary/aromatic N) is 2. The van der Waals surface area contributed by atoms with E-state index in [0.717, 1.165) is 0 Å². The van der Waals surface area contributed by atoms with Gasteiger partial charge in [-0.15, -0.1) is 0 Å². The van der Waals surface area contributed by atoms with Gasteiger partial charge in [0.15, 0.2) is 6.73 Å². The number of nitrogens with one attached hydrogen (secondary N) is 1. The molecular formula is C11H11ClN4O2. The Labute approximate surface area is 108 Å². The van der Waals surface area contributed by atoms with E-state index in [9.17, 15) is 4.79 Å². The number of carbonyl (C=O) groups excluding carboxylic acids is 1. The topological polar surface area (TPSA) is 82.2 Å². The third-order valence-electron chi connectivity index (χ3n) is 2.25. The quantitative estimate of drug-likeness (QED) is 0.495. The molecule has 6 nitrogen and oxygen atoms in total. The molecule has 0 fully saturated rings. The van der Waals surface area contributed by atoms with Crippen LogP contribution in [0, 0.1) is 0 Å². The number of hydrazine groups is 1. The van der Waals surface area contributed by atoms with Crippen molar-refractivity contribution >= 4 is 17.5 Å². The molecule has 0 radical (unpaired) electrons. The fraction of sp³-hybridized carbons (Fsp3) is 0.0909. The molecule has 1 aromatic heterocycles. The number of nitrogen functional groups attached to an aromatic ring is 1. The van der Waals surface area contributed by atoms with Crippen molar-refractivity contribution in [2.45, 2.75) is 6.73 Å². The Morgan fingerprint density at radius 2 is 2.11 bits per heavy atom. The number of rotatable bonds is 4. The van der Waals surface area contributed by atoms with Crippen molar-refractivity contribution in [3.63, 3.8) is 0 Å². The van der Waals surface area contributed by atoms with Gasteiger partial charge >= 0.3 is 0 Å². The van der Waals surface area contributed by atoms with Gasteiger partial charge in [0.1, 0.15) is 11.4 Å². The van der Waals surface area contributed by atoms with E-state index >= 15 is 0 Å². The second kappa shape index (κ2) is 5.52. The first-order chi connectivity index (χ1) is 8.70. The smallest absolute Gasteiger partial charge is 0.283 e. The number of halogens is 1. The highest BCUT2D eigenvalue weighted by atomic mass is 35.5. The first-order valence-electron chi connectivity index (χ1n) is 5.12. The van der Waals surface area contributed by atoms with Gasteiger partial charge in [-0.25, -0.2) is 10.5 Å². The molecule has 0 aliphatic heterocycles. The lowest BCUT2D eigenvalue weighted by molar-refractivity contribution is 0.0932. The van der Waals surface area contributed by atoms with Crippen LogP contribution in [0.5, 0.6) is 5.75 Å². The minimum atomic E-state index is -0.424. The van der Waals surface area contributed by atoms with Crippen molar-refractivity contribution in [2.24, 2.45) is 5.84 Å². The van der Waals surface area contributed by atoms with Gasteiger partial charge in [0, 0.05) is 11.2 Å². The van der Waals surface area contributed by atoms with Crippen LogP contribution in [0.1, 0.15) is 10.5 Å². The van der Waals surface area contributed by atoms with Crippen LogP contribution < -0.4 is 16.0 Å². The van der Waals surface area contributed by atoms with E-state index in [1.807, 2.05) is 5.43 Å². The molecule has 0 spiro atoms. The van der Waals surface area contributed by atoms with Gasteiger partial charge in [-0.1, -0.05) is 11.6 Å². The summed E-state index contributed by atoms with van der Waals surface area (Å²) in [5.41, 5.74) is 2.37. The van der Waals surface area contributed by atoms with Gasteiger partial charge in [-0.3, -0.25) is 10.2 Å². The van der Waals surface area contributed by atoms with Gasteiger partial charge in [-0.2, -0.15) is 5.10 Å². The van der Waals surface area contributed by atoms with Gasteiger partial charge < -0.3 is 4.74 Å². The Bertz CT molecular complexity index is 538. The van der Waals surface area contributed by atoms with Crippen LogP contribution in [0.15, 0.2) is 36.5 Å². The van der Waals surface area contributed by atoms with Crippen molar-refractivity contribution < 1.29 is 9.53 Å². The van der Waals surface area contributed by atoms with E-state index in [4.69, 9.17) is 22.2 Å². The van der Waals surface area contributed by atoms with Gasteiger partial charge in [0.2, 0.25) is 0 Å². The van der Waals surface area contributed by atoms with Crippen molar-refractivity contribution in [3.8, 4) is 5.75 Å². The molecule has 2 rings (SSSR count). The summed E-state index contributed by atoms with van der Waals surface area (Å²) in [7, 11) is 0. The maximum atomic E-state index is 11.4. The molecule has 1 aromatic carbocycles. The van der Waals surface area contributed by atoms with Crippen molar-refractivity contribution in [1.82, 2.24) is 15.2 Å². The third-order valence-corrected chi connectivity index (χ3v) is 2.50. The van der Waals surface area contributed by atoms with Crippen LogP contribution in [0.25, 0.3) is 0 Å². The summed E-state index contributed by atoms with van der Waals surface area (Å²) in [5, 5.41) is 4.60. The maximum Gasteiger partial charge on any atom is 0.283 e. The number of hydrogen-bond donors (Lipinski definition) is 2. The van der Waals surface area contributed by atoms with Crippen LogP contribution in [-0.4, -0.2) is 15.7 Å². The Morgan fingerprint density at radius 3 is 2.78 bits per heavy atom. The Hall–Kier alpha value is -2.05. The summed E-state index contributed by atoms with van der Waals surface area (Å²) in [4.78, 5) is 11.4. The first-order valence-corrected chi connectivity index (χ1v) is 5.49. The molecule has 0 unspecified atom stereocenters. The molecular weight excluding hydrogens is 256 g/mol. The second-order valence-electron chi connectivity index (χ2n) is 3.42. The molecule has 0 aliphatic carbocycles. The van der Waals surface area contributed by atoms with E-state index in [1.54, 1.807) is 30.3 Å². The van der Waals surface area contributed by atoms with E-state index < -0.39 is 5.91 Å². The largest absolute Gasteiger partial charge is 0.471 e. The third kappa shape index (κ3) is 2.79. The van der Waals surface area contributed by atoms with Crippen molar-refractivity contribution in [2.75, 3.05) is 0 Å². The van der Waals surface area contributed by atoms with E-state index in [1.165, 1.54) is 10.9 Å². The van der Waals surface area contributed by atoms with E-state index in [-0.39, 0.29) is 6.73 Å². The number of carbonyl (C=O) groups is 1. The minimum absolute atomic E-state index is 0.109. The summed E-state index contributed by atoms with van der Waals surface area (Å²) < 4.78 is 6.86. The highest BCUT2D eigenvalue weighted by Gasteiger charge is 2.10. The van der Waals surface area contributed by atoms with Crippen molar-refractivity contribution in [1.29, 1.82) is 0 Å². The molecule has 2 aromatic rings. The number of ether oxygens (including phenoxy) is 1. The predicted molar refractivity (Wildman–Crippen MR) is 66.0 cm³/mol. The Kier molecular flexibility index (Phi) is 3.81. The number of hydrogen-bond acceptors (Lipinski definition) is 4. The van der Waals surface area contributed by atoms with Crippen LogP contribution in [0.4, 0.5) is 0 Å². The highest BCUT2D eigenvalue weighted by molar-refractivity contribution is 6.30.